The summed E-state index contributed by atoms with van der Waals surface area (Å²) in [5, 5.41) is 10.3. The molecule has 2 aromatic heterocycles. The van der Waals surface area contributed by atoms with Crippen LogP contribution >= 0.6 is 23.1 Å². The van der Waals surface area contributed by atoms with Crippen molar-refractivity contribution in [1.29, 1.82) is 0 Å². The summed E-state index contributed by atoms with van der Waals surface area (Å²) in [4.78, 5) is 29.4. The number of thiophene rings is 1. The fourth-order valence-corrected chi connectivity index (χ4v) is 6.77. The van der Waals surface area contributed by atoms with E-state index in [4.69, 9.17) is 5.10 Å². The number of fused-ring (bicyclic) bond motifs is 1. The van der Waals surface area contributed by atoms with Crippen LogP contribution in [0.5, 0.6) is 0 Å². The van der Waals surface area contributed by atoms with E-state index in [1.807, 2.05) is 4.68 Å². The zero-order valence-corrected chi connectivity index (χ0v) is 22.6. The molecule has 0 bridgehead atoms. The Morgan fingerprint density at radius 1 is 1.20 bits per heavy atom. The normalized spacial score (nSPS) is 18.4. The summed E-state index contributed by atoms with van der Waals surface area (Å²) < 4.78 is 1.92. The molecule has 1 N–H and O–H groups in total. The number of nitrogens with one attached hydrogen (secondary N) is 1. The van der Waals surface area contributed by atoms with Gasteiger partial charge in [-0.2, -0.15) is 5.10 Å². The molecule has 3 heterocycles. The minimum Gasteiger partial charge on any atom is -0.352 e. The Morgan fingerprint density at radius 2 is 1.97 bits per heavy atom. The number of rotatable bonds is 5. The van der Waals surface area contributed by atoms with Gasteiger partial charge in [0.15, 0.2) is 0 Å². The molecule has 0 radical (unpaired) electrons. The van der Waals surface area contributed by atoms with E-state index >= 15 is 0 Å². The van der Waals surface area contributed by atoms with Gasteiger partial charge in [0.05, 0.1) is 22.4 Å². The van der Waals surface area contributed by atoms with Crippen molar-refractivity contribution in [1.82, 2.24) is 15.1 Å². The van der Waals surface area contributed by atoms with Crippen molar-refractivity contribution in [2.75, 3.05) is 17.2 Å². The van der Waals surface area contributed by atoms with E-state index in [1.165, 1.54) is 10.4 Å². The highest BCUT2D eigenvalue weighted by Gasteiger charge is 2.40. The molecule has 184 valence electrons. The Labute approximate surface area is 215 Å². The molecule has 0 spiro atoms. The van der Waals surface area contributed by atoms with E-state index in [0.717, 1.165) is 41.2 Å². The number of hydrogen-bond donors (Lipinski definition) is 1. The summed E-state index contributed by atoms with van der Waals surface area (Å²) in [6.07, 6.45) is 2.02. The minimum atomic E-state index is -0.251. The number of hydrogen-bond acceptors (Lipinski definition) is 5. The van der Waals surface area contributed by atoms with Crippen LogP contribution in [-0.2, 0) is 15.0 Å². The Kier molecular flexibility index (Phi) is 6.30. The van der Waals surface area contributed by atoms with Gasteiger partial charge >= 0.3 is 0 Å². The molecule has 2 amide bonds. The van der Waals surface area contributed by atoms with E-state index in [-0.39, 0.29) is 35.1 Å². The molecule has 6 nitrogen and oxygen atoms in total. The molecule has 5 rings (SSSR count). The van der Waals surface area contributed by atoms with Crippen molar-refractivity contribution in [3.63, 3.8) is 0 Å². The monoisotopic (exact) mass is 508 g/mol. The third-order valence-corrected chi connectivity index (χ3v) is 8.75. The summed E-state index contributed by atoms with van der Waals surface area (Å²) in [5.74, 6) is 0.857. The molecule has 1 saturated carbocycles. The summed E-state index contributed by atoms with van der Waals surface area (Å²) in [6, 6.07) is 10.7. The number of carbonyl (C=O) groups is 2. The third kappa shape index (κ3) is 4.78. The van der Waals surface area contributed by atoms with Gasteiger partial charge in [0.1, 0.15) is 12.4 Å². The van der Waals surface area contributed by atoms with Crippen LogP contribution in [0, 0.1) is 13.8 Å². The second kappa shape index (κ2) is 9.13. The highest BCUT2D eigenvalue weighted by molar-refractivity contribution is 8.00. The van der Waals surface area contributed by atoms with Crippen LogP contribution in [0.1, 0.15) is 66.1 Å². The molecule has 1 aliphatic carbocycles. The van der Waals surface area contributed by atoms with Gasteiger partial charge in [-0.15, -0.1) is 23.1 Å². The molecule has 2 aliphatic rings. The van der Waals surface area contributed by atoms with Crippen molar-refractivity contribution in [2.45, 2.75) is 64.2 Å². The molecular weight excluding hydrogens is 476 g/mol. The lowest BCUT2D eigenvalue weighted by atomic mass is 9.88. The number of benzene rings is 1. The quantitative estimate of drug-likeness (QED) is 0.508. The second-order valence-corrected chi connectivity index (χ2v) is 12.6. The number of aromatic nitrogens is 2. The third-order valence-electron chi connectivity index (χ3n) is 6.43. The molecule has 1 aromatic carbocycles. The highest BCUT2D eigenvalue weighted by atomic mass is 32.2. The van der Waals surface area contributed by atoms with Gasteiger partial charge in [-0.3, -0.25) is 14.5 Å². The molecule has 35 heavy (non-hydrogen) atoms. The van der Waals surface area contributed by atoms with Crippen molar-refractivity contribution >= 4 is 40.7 Å². The van der Waals surface area contributed by atoms with E-state index in [0.29, 0.717) is 5.75 Å². The maximum Gasteiger partial charge on any atom is 0.240 e. The Bertz CT molecular complexity index is 1270. The largest absolute Gasteiger partial charge is 0.352 e. The van der Waals surface area contributed by atoms with Gasteiger partial charge in [-0.1, -0.05) is 44.5 Å². The van der Waals surface area contributed by atoms with E-state index < -0.39 is 0 Å². The standard InChI is InChI=1S/C27H32N4O2S2/c1-16-8-11-19(17(2)13-16)31-26-23(25(29-31)27(3,4)5)24(20-7-6-12-34-20)35-15-22(33)30(26)14-21(32)28-18-9-10-18/h6-8,11-13,18,24H,9-10,14-15H2,1-5H3,(H,28,32). The molecule has 1 unspecified atom stereocenters. The first-order valence-corrected chi connectivity index (χ1v) is 14.0. The number of carbonyl (C=O) groups excluding carboxylic acids is 2. The summed E-state index contributed by atoms with van der Waals surface area (Å²) >= 11 is 3.33. The minimum absolute atomic E-state index is 0.000237. The SMILES string of the molecule is Cc1ccc(-n2nc(C(C)(C)C)c3c2N(CC(=O)NC2CC2)C(=O)CSC3c2cccs2)c(C)c1. The van der Waals surface area contributed by atoms with E-state index in [1.54, 1.807) is 28.0 Å². The highest BCUT2D eigenvalue weighted by Crippen LogP contribution is 2.49. The van der Waals surface area contributed by atoms with Crippen LogP contribution in [0.4, 0.5) is 5.82 Å². The van der Waals surface area contributed by atoms with Crippen molar-refractivity contribution in [3.05, 3.63) is 63.0 Å². The summed E-state index contributed by atoms with van der Waals surface area (Å²) in [5.41, 5.74) is 4.93. The topological polar surface area (TPSA) is 67.2 Å². The molecular formula is C27H32N4O2S2. The van der Waals surface area contributed by atoms with Gasteiger partial charge in [-0.25, -0.2) is 4.68 Å². The Morgan fingerprint density at radius 3 is 2.60 bits per heavy atom. The van der Waals surface area contributed by atoms with Crippen LogP contribution in [0.3, 0.4) is 0 Å². The van der Waals surface area contributed by atoms with Gasteiger partial charge in [0.25, 0.3) is 0 Å². The van der Waals surface area contributed by atoms with Crippen molar-refractivity contribution in [2.24, 2.45) is 0 Å². The zero-order chi connectivity index (χ0) is 24.9. The Balaban J connectivity index is 1.75. The van der Waals surface area contributed by atoms with E-state index in [2.05, 4.69) is 75.6 Å². The summed E-state index contributed by atoms with van der Waals surface area (Å²) in [6.45, 7) is 10.6. The first-order chi connectivity index (χ1) is 16.6. The number of nitrogens with zero attached hydrogens (tertiary/aromatic N) is 3. The number of thioether (sulfide) groups is 1. The van der Waals surface area contributed by atoms with Crippen LogP contribution in [0.2, 0.25) is 0 Å². The lowest BCUT2D eigenvalue weighted by Gasteiger charge is -2.24. The molecule has 1 fully saturated rings. The first-order valence-electron chi connectivity index (χ1n) is 12.1. The predicted octanol–water partition coefficient (Wildman–Crippen LogP) is 5.30. The molecule has 1 aliphatic heterocycles. The fourth-order valence-electron chi connectivity index (χ4n) is 4.59. The van der Waals surface area contributed by atoms with E-state index in [9.17, 15) is 9.59 Å². The number of anilines is 1. The van der Waals surface area contributed by atoms with Crippen LogP contribution in [-0.4, -0.2) is 39.9 Å². The van der Waals surface area contributed by atoms with Crippen LogP contribution in [0.15, 0.2) is 35.7 Å². The average Bonchev–Trinajstić information content (AvgIpc) is 3.30. The Hall–Kier alpha value is -2.58. The van der Waals surface area contributed by atoms with Crippen molar-refractivity contribution < 1.29 is 9.59 Å². The van der Waals surface area contributed by atoms with Gasteiger partial charge in [0.2, 0.25) is 11.8 Å². The first kappa shape index (κ1) is 24.1. The predicted molar refractivity (Wildman–Crippen MR) is 144 cm³/mol. The maximum atomic E-state index is 13.6. The van der Waals surface area contributed by atoms with Crippen LogP contribution in [0.25, 0.3) is 5.69 Å². The smallest absolute Gasteiger partial charge is 0.240 e. The molecule has 0 saturated heterocycles. The van der Waals surface area contributed by atoms with Crippen molar-refractivity contribution in [3.8, 4) is 5.69 Å². The zero-order valence-electron chi connectivity index (χ0n) is 20.9. The summed E-state index contributed by atoms with van der Waals surface area (Å²) in [7, 11) is 0. The molecule has 3 aromatic rings. The molecule has 1 atom stereocenters. The van der Waals surface area contributed by atoms with Gasteiger partial charge in [0, 0.05) is 21.9 Å². The number of aryl methyl sites for hydroxylation is 2. The maximum absolute atomic E-state index is 13.6. The lowest BCUT2D eigenvalue weighted by Crippen LogP contribution is -2.43. The van der Waals surface area contributed by atoms with Gasteiger partial charge in [-0.05, 0) is 49.8 Å². The lowest BCUT2D eigenvalue weighted by molar-refractivity contribution is -0.123. The molecule has 8 heteroatoms. The number of amides is 2. The second-order valence-electron chi connectivity index (χ2n) is 10.6. The van der Waals surface area contributed by atoms with Gasteiger partial charge < -0.3 is 5.32 Å². The van der Waals surface area contributed by atoms with Crippen LogP contribution < -0.4 is 10.2 Å². The fraction of sp³-hybridized carbons (Fsp3) is 0.444. The average molecular weight is 509 g/mol.